The molecule has 0 aliphatic carbocycles. The lowest BCUT2D eigenvalue weighted by molar-refractivity contribution is -0.134. The smallest absolute Gasteiger partial charge is 0.362 e. The van der Waals surface area contributed by atoms with Crippen molar-refractivity contribution in [3.8, 4) is 0 Å². The van der Waals surface area contributed by atoms with E-state index in [9.17, 15) is 13.2 Å². The molecule has 0 unspecified atom stereocenters. The van der Waals surface area contributed by atoms with E-state index in [2.05, 4.69) is 10.3 Å². The van der Waals surface area contributed by atoms with Gasteiger partial charge in [-0.15, -0.1) is 0 Å². The van der Waals surface area contributed by atoms with Crippen LogP contribution in [0.15, 0.2) is 39.4 Å². The van der Waals surface area contributed by atoms with Gasteiger partial charge in [-0.1, -0.05) is 22.9 Å². The van der Waals surface area contributed by atoms with Crippen LogP contribution in [-0.4, -0.2) is 49.1 Å². The number of esters is 1. The summed E-state index contributed by atoms with van der Waals surface area (Å²) in [6.07, 6.45) is 0. The van der Waals surface area contributed by atoms with Crippen LogP contribution in [0.3, 0.4) is 0 Å². The predicted octanol–water partition coefficient (Wildman–Crippen LogP) is 1.38. The monoisotopic (exact) mass is 341 g/mol. The highest BCUT2D eigenvalue weighted by Crippen LogP contribution is 2.15. The second-order valence-electron chi connectivity index (χ2n) is 4.61. The Kier molecular flexibility index (Phi) is 6.26. The number of carbonyl (C=O) groups excluding carboxylic acids is 1. The third-order valence-electron chi connectivity index (χ3n) is 2.87. The minimum atomic E-state index is -3.87. The summed E-state index contributed by atoms with van der Waals surface area (Å²) >= 11 is 0. The second-order valence-corrected chi connectivity index (χ2v) is 6.56. The van der Waals surface area contributed by atoms with Gasteiger partial charge in [-0.3, -0.25) is 0 Å². The van der Waals surface area contributed by atoms with Crippen LogP contribution in [0.2, 0.25) is 0 Å². The van der Waals surface area contributed by atoms with E-state index in [4.69, 9.17) is 9.94 Å². The molecule has 0 amide bonds. The van der Waals surface area contributed by atoms with Crippen molar-refractivity contribution in [2.45, 2.75) is 25.7 Å². The van der Waals surface area contributed by atoms with E-state index in [0.29, 0.717) is 4.41 Å². The summed E-state index contributed by atoms with van der Waals surface area (Å²) in [5.41, 5.74) is 0.366. The molecule has 0 heterocycles. The van der Waals surface area contributed by atoms with E-state index < -0.39 is 21.7 Å². The van der Waals surface area contributed by atoms with Crippen LogP contribution in [0, 0.1) is 6.92 Å². The number of sulfonamides is 1. The van der Waals surface area contributed by atoms with E-state index >= 15 is 0 Å². The normalized spacial score (nSPS) is 12.9. The molecular formula is C14H19N3O5S. The zero-order chi connectivity index (χ0) is 17.6. The summed E-state index contributed by atoms with van der Waals surface area (Å²) in [5.74, 6) is -0.891. The topological polar surface area (TPSA) is 109 Å². The van der Waals surface area contributed by atoms with Crippen molar-refractivity contribution < 1.29 is 23.2 Å². The third-order valence-corrected chi connectivity index (χ3v) is 4.51. The van der Waals surface area contributed by atoms with Gasteiger partial charge in [0.15, 0.2) is 0 Å². The first-order chi connectivity index (χ1) is 10.7. The molecule has 0 aliphatic rings. The van der Waals surface area contributed by atoms with Crippen molar-refractivity contribution in [1.29, 1.82) is 0 Å². The van der Waals surface area contributed by atoms with Gasteiger partial charge >= 0.3 is 5.97 Å². The van der Waals surface area contributed by atoms with Gasteiger partial charge in [0.1, 0.15) is 0 Å². The molecule has 1 N–H and O–H groups in total. The number of benzene rings is 1. The van der Waals surface area contributed by atoms with E-state index in [0.717, 1.165) is 5.56 Å². The summed E-state index contributed by atoms with van der Waals surface area (Å²) < 4.78 is 30.2. The SMILES string of the molecule is CCOC(=O)C(=N/O)/C(C)=N\N(C)S(=O)(=O)c1ccc(C)cc1. The van der Waals surface area contributed by atoms with Crippen LogP contribution in [0.4, 0.5) is 0 Å². The lowest BCUT2D eigenvalue weighted by Gasteiger charge is -2.15. The summed E-state index contributed by atoms with van der Waals surface area (Å²) in [5, 5.41) is 15.5. The maximum atomic E-state index is 12.4. The Morgan fingerprint density at radius 3 is 2.35 bits per heavy atom. The maximum absolute atomic E-state index is 12.4. The fraction of sp³-hybridized carbons (Fsp3) is 0.357. The zero-order valence-electron chi connectivity index (χ0n) is 13.3. The first kappa shape index (κ1) is 18.6. The number of hydrazone groups is 1. The first-order valence-electron chi connectivity index (χ1n) is 6.74. The number of nitrogens with zero attached hydrogens (tertiary/aromatic N) is 3. The van der Waals surface area contributed by atoms with E-state index in [1.807, 2.05) is 6.92 Å². The predicted molar refractivity (Wildman–Crippen MR) is 85.1 cm³/mol. The van der Waals surface area contributed by atoms with Crippen molar-refractivity contribution in [2.24, 2.45) is 10.3 Å². The van der Waals surface area contributed by atoms with Crippen LogP contribution in [0.5, 0.6) is 0 Å². The van der Waals surface area contributed by atoms with Crippen LogP contribution >= 0.6 is 0 Å². The van der Waals surface area contributed by atoms with E-state index in [-0.39, 0.29) is 17.2 Å². The number of oxime groups is 1. The lowest BCUT2D eigenvalue weighted by atomic mass is 10.2. The van der Waals surface area contributed by atoms with Crippen LogP contribution in [0.25, 0.3) is 0 Å². The molecule has 0 bridgehead atoms. The van der Waals surface area contributed by atoms with Crippen molar-refractivity contribution in [3.63, 3.8) is 0 Å². The summed E-state index contributed by atoms with van der Waals surface area (Å²) in [7, 11) is -2.65. The summed E-state index contributed by atoms with van der Waals surface area (Å²) in [6, 6.07) is 6.24. The van der Waals surface area contributed by atoms with E-state index in [1.54, 1.807) is 19.1 Å². The van der Waals surface area contributed by atoms with Crippen molar-refractivity contribution >= 4 is 27.4 Å². The summed E-state index contributed by atoms with van der Waals surface area (Å²) in [6.45, 7) is 4.86. The Morgan fingerprint density at radius 1 is 1.30 bits per heavy atom. The van der Waals surface area contributed by atoms with Crippen molar-refractivity contribution in [3.05, 3.63) is 29.8 Å². The van der Waals surface area contributed by atoms with Gasteiger partial charge < -0.3 is 9.94 Å². The van der Waals surface area contributed by atoms with Crippen molar-refractivity contribution in [1.82, 2.24) is 4.41 Å². The van der Waals surface area contributed by atoms with Crippen LogP contribution in [-0.2, 0) is 19.6 Å². The molecular weight excluding hydrogens is 322 g/mol. The number of aryl methyl sites for hydroxylation is 1. The zero-order valence-corrected chi connectivity index (χ0v) is 14.2. The molecule has 8 nitrogen and oxygen atoms in total. The molecule has 0 saturated carbocycles. The minimum absolute atomic E-state index is 0.0563. The first-order valence-corrected chi connectivity index (χ1v) is 8.18. The fourth-order valence-electron chi connectivity index (χ4n) is 1.64. The largest absolute Gasteiger partial charge is 0.461 e. The van der Waals surface area contributed by atoms with Crippen LogP contribution < -0.4 is 0 Å². The Balaban J connectivity index is 3.10. The Labute approximate surface area is 135 Å². The second kappa shape index (κ2) is 7.73. The Morgan fingerprint density at radius 2 is 1.87 bits per heavy atom. The van der Waals surface area contributed by atoms with Crippen molar-refractivity contribution in [2.75, 3.05) is 13.7 Å². The molecule has 0 spiro atoms. The molecule has 0 atom stereocenters. The van der Waals surface area contributed by atoms with Gasteiger partial charge in [0.05, 0.1) is 17.2 Å². The highest BCUT2D eigenvalue weighted by Gasteiger charge is 2.22. The number of carbonyl (C=O) groups is 1. The number of hydrogen-bond donors (Lipinski definition) is 1. The molecule has 1 aromatic carbocycles. The standard InChI is InChI=1S/C14H19N3O5S/c1-5-22-14(18)13(16-19)11(3)15-17(4)23(20,21)12-8-6-10(2)7-9-12/h6-9,19H,5H2,1-4H3/b15-11-,16-13+. The highest BCUT2D eigenvalue weighted by molar-refractivity contribution is 7.89. The number of rotatable bonds is 6. The molecule has 126 valence electrons. The van der Waals surface area contributed by atoms with Crippen LogP contribution in [0.1, 0.15) is 19.4 Å². The van der Waals surface area contributed by atoms with E-state index in [1.165, 1.54) is 26.1 Å². The molecule has 1 aromatic rings. The maximum Gasteiger partial charge on any atom is 0.362 e. The average Bonchev–Trinajstić information content (AvgIpc) is 2.48. The molecule has 1 rings (SSSR count). The van der Waals surface area contributed by atoms with Gasteiger partial charge in [-0.2, -0.15) is 17.9 Å². The molecule has 9 heteroatoms. The Bertz CT molecular complexity index is 723. The van der Waals surface area contributed by atoms with Gasteiger partial charge in [-0.25, -0.2) is 4.79 Å². The Hall–Kier alpha value is -2.42. The fourth-order valence-corrected chi connectivity index (χ4v) is 2.65. The average molecular weight is 341 g/mol. The molecule has 0 radical (unpaired) electrons. The number of hydrogen-bond acceptors (Lipinski definition) is 7. The van der Waals surface area contributed by atoms with Gasteiger partial charge in [0.25, 0.3) is 10.0 Å². The summed E-state index contributed by atoms with van der Waals surface area (Å²) in [4.78, 5) is 11.6. The highest BCUT2D eigenvalue weighted by atomic mass is 32.2. The minimum Gasteiger partial charge on any atom is -0.461 e. The third kappa shape index (κ3) is 4.52. The van der Waals surface area contributed by atoms with Gasteiger partial charge in [0, 0.05) is 7.05 Å². The molecule has 23 heavy (non-hydrogen) atoms. The molecule has 0 aliphatic heterocycles. The quantitative estimate of drug-likeness (QED) is 0.364. The molecule has 0 fully saturated rings. The van der Waals surface area contributed by atoms with Gasteiger partial charge in [-0.05, 0) is 32.9 Å². The molecule has 0 saturated heterocycles. The lowest BCUT2D eigenvalue weighted by Crippen LogP contribution is -2.29. The number of ether oxygens (including phenoxy) is 1. The van der Waals surface area contributed by atoms with Gasteiger partial charge in [0.2, 0.25) is 5.71 Å². The molecule has 0 aromatic heterocycles.